The second kappa shape index (κ2) is 9.19. The van der Waals surface area contributed by atoms with Gasteiger partial charge in [-0.25, -0.2) is 4.39 Å². The normalized spacial score (nSPS) is 11.8. The molecule has 0 spiro atoms. The van der Waals surface area contributed by atoms with Crippen molar-refractivity contribution in [2.24, 2.45) is 0 Å². The van der Waals surface area contributed by atoms with E-state index in [-0.39, 0.29) is 36.0 Å². The number of nitrogens with zero attached hydrogens (tertiary/aromatic N) is 2. The molecule has 134 valence electrons. The number of anilines is 1. The van der Waals surface area contributed by atoms with Gasteiger partial charge in [-0.1, -0.05) is 18.3 Å². The molecule has 9 heteroatoms. The minimum absolute atomic E-state index is 0.0823. The third-order valence-corrected chi connectivity index (χ3v) is 4.14. The van der Waals surface area contributed by atoms with Crippen LogP contribution in [-0.2, 0) is 16.1 Å². The first-order valence-electron chi connectivity index (χ1n) is 7.74. The van der Waals surface area contributed by atoms with E-state index in [1.807, 2.05) is 13.8 Å². The smallest absolute Gasteiger partial charge is 0.286 e. The summed E-state index contributed by atoms with van der Waals surface area (Å²) in [5.41, 5.74) is 0.459. The molecule has 1 aromatic heterocycles. The van der Waals surface area contributed by atoms with Crippen molar-refractivity contribution in [3.63, 3.8) is 0 Å². The summed E-state index contributed by atoms with van der Waals surface area (Å²) in [6, 6.07) is 5.50. The second-order valence-electron chi connectivity index (χ2n) is 5.33. The van der Waals surface area contributed by atoms with Crippen LogP contribution >= 0.6 is 11.3 Å². The van der Waals surface area contributed by atoms with Crippen molar-refractivity contribution in [3.05, 3.63) is 40.1 Å². The highest BCUT2D eigenvalue weighted by molar-refractivity contribution is 7.13. The molecule has 0 aliphatic heterocycles. The van der Waals surface area contributed by atoms with Crippen LogP contribution < -0.4 is 10.6 Å². The van der Waals surface area contributed by atoms with Crippen LogP contribution in [0.3, 0.4) is 0 Å². The van der Waals surface area contributed by atoms with Gasteiger partial charge < -0.3 is 15.4 Å². The van der Waals surface area contributed by atoms with Gasteiger partial charge in [-0.3, -0.25) is 9.59 Å². The molecular formula is C16H19FN4O3S. The Labute approximate surface area is 148 Å². The van der Waals surface area contributed by atoms with E-state index in [2.05, 4.69) is 20.8 Å². The number of carbonyl (C=O) groups is 2. The minimum Gasteiger partial charge on any atom is -0.364 e. The van der Waals surface area contributed by atoms with Gasteiger partial charge in [0.25, 0.3) is 5.91 Å². The Hall–Kier alpha value is -2.39. The molecule has 0 saturated heterocycles. The zero-order chi connectivity index (χ0) is 18.2. The molecule has 25 heavy (non-hydrogen) atoms. The number of halogens is 1. The van der Waals surface area contributed by atoms with Gasteiger partial charge >= 0.3 is 0 Å². The molecule has 0 aliphatic rings. The first-order chi connectivity index (χ1) is 12.0. The molecule has 0 fully saturated rings. The Kier molecular flexibility index (Phi) is 6.96. The molecule has 1 heterocycles. The van der Waals surface area contributed by atoms with Crippen molar-refractivity contribution in [1.82, 2.24) is 15.5 Å². The maximum Gasteiger partial charge on any atom is 0.286 e. The van der Waals surface area contributed by atoms with Gasteiger partial charge in [0, 0.05) is 11.7 Å². The van der Waals surface area contributed by atoms with E-state index in [1.54, 1.807) is 0 Å². The fraction of sp³-hybridized carbons (Fsp3) is 0.375. The lowest BCUT2D eigenvalue weighted by Crippen LogP contribution is -2.34. The van der Waals surface area contributed by atoms with Crippen molar-refractivity contribution in [2.75, 3.05) is 11.9 Å². The Morgan fingerprint density at radius 3 is 2.68 bits per heavy atom. The van der Waals surface area contributed by atoms with Crippen LogP contribution in [0.5, 0.6) is 0 Å². The van der Waals surface area contributed by atoms with Crippen molar-refractivity contribution < 1.29 is 18.7 Å². The number of rotatable bonds is 8. The SMILES string of the molecule is CC[C@@H](C)NC(=O)COCc1nnc(C(=O)Nc2ccc(F)cc2)s1. The van der Waals surface area contributed by atoms with Gasteiger partial charge in [0.15, 0.2) is 0 Å². The molecule has 1 aromatic carbocycles. The van der Waals surface area contributed by atoms with Crippen LogP contribution in [0, 0.1) is 5.82 Å². The maximum atomic E-state index is 12.8. The van der Waals surface area contributed by atoms with E-state index >= 15 is 0 Å². The topological polar surface area (TPSA) is 93.2 Å². The number of nitrogens with one attached hydrogen (secondary N) is 2. The monoisotopic (exact) mass is 366 g/mol. The number of hydrogen-bond acceptors (Lipinski definition) is 6. The van der Waals surface area contributed by atoms with Gasteiger partial charge in [0.1, 0.15) is 24.0 Å². The molecule has 7 nitrogen and oxygen atoms in total. The second-order valence-corrected chi connectivity index (χ2v) is 6.39. The number of hydrogen-bond donors (Lipinski definition) is 2. The first kappa shape index (κ1) is 18.9. The van der Waals surface area contributed by atoms with E-state index in [1.165, 1.54) is 24.3 Å². The predicted molar refractivity (Wildman–Crippen MR) is 91.8 cm³/mol. The highest BCUT2D eigenvalue weighted by atomic mass is 32.1. The van der Waals surface area contributed by atoms with E-state index < -0.39 is 5.91 Å². The lowest BCUT2D eigenvalue weighted by molar-refractivity contribution is -0.126. The molecule has 2 amide bonds. The van der Waals surface area contributed by atoms with Crippen LogP contribution in [0.15, 0.2) is 24.3 Å². The Balaban J connectivity index is 1.80. The molecule has 2 aromatic rings. The molecular weight excluding hydrogens is 347 g/mol. The average molecular weight is 366 g/mol. The quantitative estimate of drug-likeness (QED) is 0.748. The van der Waals surface area contributed by atoms with Gasteiger partial charge in [0.05, 0.1) is 0 Å². The Morgan fingerprint density at radius 2 is 2.00 bits per heavy atom. The third-order valence-electron chi connectivity index (χ3n) is 3.24. The number of amides is 2. The van der Waals surface area contributed by atoms with Gasteiger partial charge in [-0.05, 0) is 37.6 Å². The van der Waals surface area contributed by atoms with Crippen molar-refractivity contribution >= 4 is 28.8 Å². The molecule has 0 unspecified atom stereocenters. The summed E-state index contributed by atoms with van der Waals surface area (Å²) in [5.74, 6) is -1.02. The van der Waals surface area contributed by atoms with Crippen LogP contribution in [0.25, 0.3) is 0 Å². The van der Waals surface area contributed by atoms with E-state index in [4.69, 9.17) is 4.74 Å². The summed E-state index contributed by atoms with van der Waals surface area (Å²) in [7, 11) is 0. The van der Waals surface area contributed by atoms with Gasteiger partial charge in [0.2, 0.25) is 10.9 Å². The highest BCUT2D eigenvalue weighted by Crippen LogP contribution is 2.14. The summed E-state index contributed by atoms with van der Waals surface area (Å²) in [6.45, 7) is 3.90. The largest absolute Gasteiger partial charge is 0.364 e. The summed E-state index contributed by atoms with van der Waals surface area (Å²) >= 11 is 1.07. The average Bonchev–Trinajstić information content (AvgIpc) is 3.06. The van der Waals surface area contributed by atoms with Gasteiger partial charge in [-0.15, -0.1) is 10.2 Å². The maximum absolute atomic E-state index is 12.8. The van der Waals surface area contributed by atoms with Crippen LogP contribution in [-0.4, -0.2) is 34.7 Å². The van der Waals surface area contributed by atoms with Crippen molar-refractivity contribution in [2.45, 2.75) is 32.9 Å². The minimum atomic E-state index is -0.440. The molecule has 2 N–H and O–H groups in total. The number of aromatic nitrogens is 2. The van der Waals surface area contributed by atoms with E-state index in [0.717, 1.165) is 17.8 Å². The van der Waals surface area contributed by atoms with Crippen LogP contribution in [0.4, 0.5) is 10.1 Å². The van der Waals surface area contributed by atoms with Gasteiger partial charge in [-0.2, -0.15) is 0 Å². The van der Waals surface area contributed by atoms with Crippen LogP contribution in [0.2, 0.25) is 0 Å². The number of ether oxygens (including phenoxy) is 1. The molecule has 0 aliphatic carbocycles. The summed E-state index contributed by atoms with van der Waals surface area (Å²) in [4.78, 5) is 23.6. The Morgan fingerprint density at radius 1 is 1.28 bits per heavy atom. The van der Waals surface area contributed by atoms with Crippen LogP contribution in [0.1, 0.15) is 35.1 Å². The van der Waals surface area contributed by atoms with Crippen molar-refractivity contribution in [3.8, 4) is 0 Å². The molecule has 0 bridgehead atoms. The standard InChI is InChI=1S/C16H19FN4O3S/c1-3-10(2)18-13(22)8-24-9-14-20-21-16(25-14)15(23)19-12-6-4-11(17)5-7-12/h4-7,10H,3,8-9H2,1-2H3,(H,18,22)(H,19,23)/t10-/m1/s1. The zero-order valence-electron chi connectivity index (χ0n) is 13.9. The summed E-state index contributed by atoms with van der Waals surface area (Å²) < 4.78 is 18.1. The molecule has 0 radical (unpaired) electrons. The molecule has 0 saturated carbocycles. The zero-order valence-corrected chi connectivity index (χ0v) is 14.7. The third kappa shape index (κ3) is 6.20. The lowest BCUT2D eigenvalue weighted by atomic mass is 10.2. The van der Waals surface area contributed by atoms with E-state index in [9.17, 15) is 14.0 Å². The molecule has 1 atom stereocenters. The predicted octanol–water partition coefficient (Wildman–Crippen LogP) is 2.36. The fourth-order valence-electron chi connectivity index (χ4n) is 1.77. The summed E-state index contributed by atoms with van der Waals surface area (Å²) in [5, 5.41) is 13.7. The number of carbonyl (C=O) groups excluding carboxylic acids is 2. The lowest BCUT2D eigenvalue weighted by Gasteiger charge is -2.10. The Bertz CT molecular complexity index is 720. The number of benzene rings is 1. The summed E-state index contributed by atoms with van der Waals surface area (Å²) in [6.07, 6.45) is 0.842. The first-order valence-corrected chi connectivity index (χ1v) is 8.56. The van der Waals surface area contributed by atoms with Crippen molar-refractivity contribution in [1.29, 1.82) is 0 Å². The van der Waals surface area contributed by atoms with E-state index in [0.29, 0.717) is 10.7 Å². The highest BCUT2D eigenvalue weighted by Gasteiger charge is 2.14. The molecule has 2 rings (SSSR count). The fourth-order valence-corrected chi connectivity index (χ4v) is 2.44.